The topological polar surface area (TPSA) is 69.7 Å². The maximum atomic E-state index is 13.5. The lowest BCUT2D eigenvalue weighted by molar-refractivity contribution is -0.137. The number of aryl methyl sites for hydroxylation is 1. The number of amides is 3. The zero-order valence-electron chi connectivity index (χ0n) is 19.7. The molecule has 2 aromatic carbocycles. The third-order valence-corrected chi connectivity index (χ3v) is 7.26. The van der Waals surface area contributed by atoms with Crippen molar-refractivity contribution in [1.82, 2.24) is 9.80 Å². The lowest BCUT2D eigenvalue weighted by atomic mass is 9.84. The Labute approximate surface area is 196 Å². The third kappa shape index (κ3) is 4.80. The number of anilines is 1. The number of nitrogens with one attached hydrogen (secondary N) is 1. The summed E-state index contributed by atoms with van der Waals surface area (Å²) >= 11 is 0. The molecule has 174 valence electrons. The van der Waals surface area contributed by atoms with Crippen molar-refractivity contribution in [3.05, 3.63) is 65.2 Å². The van der Waals surface area contributed by atoms with Gasteiger partial charge in [-0.2, -0.15) is 0 Å². The maximum Gasteiger partial charge on any atom is 0.254 e. The Hall–Kier alpha value is -3.15. The summed E-state index contributed by atoms with van der Waals surface area (Å²) < 4.78 is 0. The summed E-state index contributed by atoms with van der Waals surface area (Å²) in [5.74, 6) is -0.144. The van der Waals surface area contributed by atoms with E-state index in [1.54, 1.807) is 19.2 Å². The molecule has 0 bridgehead atoms. The van der Waals surface area contributed by atoms with Crippen LogP contribution in [0.4, 0.5) is 5.69 Å². The van der Waals surface area contributed by atoms with E-state index in [9.17, 15) is 14.4 Å². The molecule has 1 heterocycles. The molecular formula is C27H33N3O3. The number of likely N-dealkylation sites (N-methyl/N-ethyl adjacent to an activating group) is 1. The summed E-state index contributed by atoms with van der Waals surface area (Å²) in [6, 6.07) is 14.5. The SMILES string of the molecule is Cc1cccc(NC(=O)CN(C)C(=O)C2CC3CCCCC3N2C(=O)c2ccccc2)c1C. The summed E-state index contributed by atoms with van der Waals surface area (Å²) in [5, 5.41) is 2.92. The molecular weight excluding hydrogens is 414 g/mol. The average Bonchev–Trinajstić information content (AvgIpc) is 3.21. The molecule has 33 heavy (non-hydrogen) atoms. The van der Waals surface area contributed by atoms with Crippen molar-refractivity contribution in [2.45, 2.75) is 58.0 Å². The van der Waals surface area contributed by atoms with Crippen LogP contribution in [0.15, 0.2) is 48.5 Å². The van der Waals surface area contributed by atoms with Crippen molar-refractivity contribution in [2.24, 2.45) is 5.92 Å². The van der Waals surface area contributed by atoms with E-state index < -0.39 is 6.04 Å². The highest BCUT2D eigenvalue weighted by molar-refractivity contribution is 6.00. The van der Waals surface area contributed by atoms with Gasteiger partial charge in [-0.25, -0.2) is 0 Å². The highest BCUT2D eigenvalue weighted by Crippen LogP contribution is 2.41. The first-order valence-corrected chi connectivity index (χ1v) is 11.9. The first-order chi connectivity index (χ1) is 15.9. The first kappa shape index (κ1) is 23.0. The van der Waals surface area contributed by atoms with Crippen LogP contribution >= 0.6 is 0 Å². The Bertz CT molecular complexity index is 1040. The van der Waals surface area contributed by atoms with Crippen LogP contribution in [0, 0.1) is 19.8 Å². The van der Waals surface area contributed by atoms with Crippen LogP contribution in [0.1, 0.15) is 53.6 Å². The zero-order valence-corrected chi connectivity index (χ0v) is 19.7. The number of carbonyl (C=O) groups excluding carboxylic acids is 3. The van der Waals surface area contributed by atoms with Crippen molar-refractivity contribution in [3.63, 3.8) is 0 Å². The quantitative estimate of drug-likeness (QED) is 0.748. The van der Waals surface area contributed by atoms with Crippen molar-refractivity contribution in [3.8, 4) is 0 Å². The molecule has 0 spiro atoms. The second-order valence-corrected chi connectivity index (χ2v) is 9.43. The second-order valence-electron chi connectivity index (χ2n) is 9.43. The smallest absolute Gasteiger partial charge is 0.254 e. The Morgan fingerprint density at radius 1 is 1.00 bits per heavy atom. The van der Waals surface area contributed by atoms with Crippen LogP contribution in [0.3, 0.4) is 0 Å². The molecule has 3 atom stereocenters. The monoisotopic (exact) mass is 447 g/mol. The average molecular weight is 448 g/mol. The fourth-order valence-electron chi connectivity index (χ4n) is 5.33. The van der Waals surface area contributed by atoms with Gasteiger partial charge in [-0.3, -0.25) is 14.4 Å². The maximum absolute atomic E-state index is 13.5. The number of fused-ring (bicyclic) bond motifs is 1. The van der Waals surface area contributed by atoms with Gasteiger partial charge < -0.3 is 15.1 Å². The third-order valence-electron chi connectivity index (χ3n) is 7.26. The molecule has 1 N–H and O–H groups in total. The summed E-state index contributed by atoms with van der Waals surface area (Å²) in [4.78, 5) is 42.9. The lowest BCUT2D eigenvalue weighted by Crippen LogP contribution is -2.51. The van der Waals surface area contributed by atoms with Gasteiger partial charge >= 0.3 is 0 Å². The fourth-order valence-corrected chi connectivity index (χ4v) is 5.33. The minimum absolute atomic E-state index is 0.0502. The Balaban J connectivity index is 1.49. The number of benzene rings is 2. The Morgan fingerprint density at radius 3 is 2.48 bits per heavy atom. The predicted molar refractivity (Wildman–Crippen MR) is 129 cm³/mol. The summed E-state index contributed by atoms with van der Waals surface area (Å²) in [7, 11) is 1.65. The van der Waals surface area contributed by atoms with Gasteiger partial charge in [0.25, 0.3) is 5.91 Å². The molecule has 6 heteroatoms. The van der Waals surface area contributed by atoms with Gasteiger partial charge in [0.05, 0.1) is 6.54 Å². The van der Waals surface area contributed by atoms with Gasteiger partial charge in [0.15, 0.2) is 0 Å². The molecule has 2 aliphatic rings. The number of rotatable bonds is 5. The molecule has 1 saturated heterocycles. The first-order valence-electron chi connectivity index (χ1n) is 11.9. The minimum atomic E-state index is -0.524. The van der Waals surface area contributed by atoms with Gasteiger partial charge in [-0.05, 0) is 68.4 Å². The molecule has 3 unspecified atom stereocenters. The van der Waals surface area contributed by atoms with Crippen LogP contribution < -0.4 is 5.32 Å². The van der Waals surface area contributed by atoms with Gasteiger partial charge in [0.1, 0.15) is 6.04 Å². The molecule has 4 rings (SSSR count). The largest absolute Gasteiger partial charge is 0.335 e. The van der Waals surface area contributed by atoms with E-state index in [1.807, 2.05) is 55.1 Å². The molecule has 2 fully saturated rings. The van der Waals surface area contributed by atoms with Crippen molar-refractivity contribution < 1.29 is 14.4 Å². The zero-order chi connectivity index (χ0) is 23.5. The molecule has 6 nitrogen and oxygen atoms in total. The van der Waals surface area contributed by atoms with E-state index in [1.165, 1.54) is 4.90 Å². The molecule has 0 radical (unpaired) electrons. The van der Waals surface area contributed by atoms with E-state index in [-0.39, 0.29) is 30.3 Å². The Morgan fingerprint density at radius 2 is 1.73 bits per heavy atom. The van der Waals surface area contributed by atoms with Gasteiger partial charge in [0.2, 0.25) is 11.8 Å². The number of likely N-dealkylation sites (tertiary alicyclic amines) is 1. The molecule has 3 amide bonds. The summed E-state index contributed by atoms with van der Waals surface area (Å²) in [5.41, 5.74) is 3.48. The molecule has 1 saturated carbocycles. The number of hydrogen-bond donors (Lipinski definition) is 1. The molecule has 1 aliphatic heterocycles. The normalized spacial score (nSPS) is 21.9. The van der Waals surface area contributed by atoms with Gasteiger partial charge in [-0.1, -0.05) is 43.2 Å². The van der Waals surface area contributed by atoms with Crippen LogP contribution in [-0.4, -0.2) is 53.2 Å². The number of hydrogen-bond acceptors (Lipinski definition) is 3. The van der Waals surface area contributed by atoms with E-state index >= 15 is 0 Å². The van der Waals surface area contributed by atoms with Gasteiger partial charge in [-0.15, -0.1) is 0 Å². The minimum Gasteiger partial charge on any atom is -0.335 e. The van der Waals surface area contributed by atoms with Crippen LogP contribution in [0.5, 0.6) is 0 Å². The number of nitrogens with zero attached hydrogens (tertiary/aromatic N) is 2. The number of carbonyl (C=O) groups is 3. The van der Waals surface area contributed by atoms with E-state index in [2.05, 4.69) is 5.32 Å². The molecule has 2 aromatic rings. The van der Waals surface area contributed by atoms with Crippen molar-refractivity contribution >= 4 is 23.4 Å². The van der Waals surface area contributed by atoms with Gasteiger partial charge in [0, 0.05) is 24.3 Å². The van der Waals surface area contributed by atoms with Crippen LogP contribution in [0.2, 0.25) is 0 Å². The Kier molecular flexibility index (Phi) is 6.82. The summed E-state index contributed by atoms with van der Waals surface area (Å²) in [6.07, 6.45) is 4.87. The van der Waals surface area contributed by atoms with E-state index in [0.717, 1.165) is 42.5 Å². The standard InChI is InChI=1S/C27H33N3O3/c1-18-10-9-14-22(19(18)2)28-25(31)17-29(3)27(33)24-16-21-13-7-8-15-23(21)30(24)26(32)20-11-5-4-6-12-20/h4-6,9-12,14,21,23-24H,7-8,13,15-17H2,1-3H3,(H,28,31). The highest BCUT2D eigenvalue weighted by atomic mass is 16.2. The highest BCUT2D eigenvalue weighted by Gasteiger charge is 2.48. The second kappa shape index (κ2) is 9.77. The predicted octanol–water partition coefficient (Wildman–Crippen LogP) is 4.17. The lowest BCUT2D eigenvalue weighted by Gasteiger charge is -2.34. The fraction of sp³-hybridized carbons (Fsp3) is 0.444. The van der Waals surface area contributed by atoms with Crippen molar-refractivity contribution in [2.75, 3.05) is 18.9 Å². The van der Waals surface area contributed by atoms with Crippen LogP contribution in [0.25, 0.3) is 0 Å². The van der Waals surface area contributed by atoms with E-state index in [0.29, 0.717) is 17.9 Å². The molecule has 0 aromatic heterocycles. The van der Waals surface area contributed by atoms with E-state index in [4.69, 9.17) is 0 Å². The summed E-state index contributed by atoms with van der Waals surface area (Å²) in [6.45, 7) is 3.91. The van der Waals surface area contributed by atoms with Crippen LogP contribution in [-0.2, 0) is 9.59 Å². The molecule has 1 aliphatic carbocycles. The van der Waals surface area contributed by atoms with Crippen molar-refractivity contribution in [1.29, 1.82) is 0 Å².